The molecule has 128 valence electrons. The predicted molar refractivity (Wildman–Crippen MR) is 89.6 cm³/mol. The quantitative estimate of drug-likeness (QED) is 0.767. The van der Waals surface area contributed by atoms with Gasteiger partial charge in [0.05, 0.1) is 0 Å². The van der Waals surface area contributed by atoms with Crippen LogP contribution in [0.3, 0.4) is 0 Å². The summed E-state index contributed by atoms with van der Waals surface area (Å²) in [5, 5.41) is 6.26. The minimum absolute atomic E-state index is 0.0519. The summed E-state index contributed by atoms with van der Waals surface area (Å²) >= 11 is 0. The van der Waals surface area contributed by atoms with Crippen LogP contribution in [0.1, 0.15) is 12.5 Å². The molecule has 0 unspecified atom stereocenters. The number of carbonyl (C=O) groups excluding carboxylic acids is 1. The normalized spacial score (nSPS) is 11.8. The first-order chi connectivity index (χ1) is 12.0. The van der Waals surface area contributed by atoms with Crippen LogP contribution in [0, 0.1) is 12.7 Å². The van der Waals surface area contributed by atoms with Gasteiger partial charge in [-0.25, -0.2) is 4.39 Å². The van der Waals surface area contributed by atoms with Crippen molar-refractivity contribution < 1.29 is 18.4 Å². The molecule has 1 aromatic heterocycles. The zero-order valence-electron chi connectivity index (χ0n) is 13.7. The molecule has 0 saturated heterocycles. The fraction of sp³-hybridized carbons (Fsp3) is 0.167. The van der Waals surface area contributed by atoms with Gasteiger partial charge in [-0.2, -0.15) is 4.98 Å². The van der Waals surface area contributed by atoms with E-state index in [2.05, 4.69) is 15.5 Å². The lowest BCUT2D eigenvalue weighted by Gasteiger charge is -2.13. The standard InChI is InChI=1S/C18H16FN3O3/c1-11-4-3-5-13(10-11)17-21-18(22-25-17)20-16(23)12(2)24-15-8-6-14(19)7-9-15/h3-10,12H,1-2H3,(H,20,22,23)/t12-/m1/s1. The number of nitrogens with zero attached hydrogens (tertiary/aromatic N) is 2. The van der Waals surface area contributed by atoms with Crippen LogP contribution in [0.25, 0.3) is 11.5 Å². The van der Waals surface area contributed by atoms with Crippen LogP contribution < -0.4 is 10.1 Å². The Morgan fingerprint density at radius 2 is 2.00 bits per heavy atom. The van der Waals surface area contributed by atoms with Gasteiger partial charge in [-0.15, -0.1) is 0 Å². The summed E-state index contributed by atoms with van der Waals surface area (Å²) in [6.45, 7) is 3.53. The van der Waals surface area contributed by atoms with Gasteiger partial charge in [0.15, 0.2) is 6.10 Å². The highest BCUT2D eigenvalue weighted by Gasteiger charge is 2.18. The molecule has 6 nitrogen and oxygen atoms in total. The van der Waals surface area contributed by atoms with Gasteiger partial charge in [-0.1, -0.05) is 17.7 Å². The smallest absolute Gasteiger partial charge is 0.270 e. The Bertz CT molecular complexity index is 877. The molecule has 0 aliphatic heterocycles. The van der Waals surface area contributed by atoms with E-state index in [1.807, 2.05) is 31.2 Å². The summed E-state index contributed by atoms with van der Waals surface area (Å²) in [5.41, 5.74) is 1.83. The highest BCUT2D eigenvalue weighted by Crippen LogP contribution is 2.20. The highest BCUT2D eigenvalue weighted by atomic mass is 19.1. The SMILES string of the molecule is Cc1cccc(-c2nc(NC(=O)[C@@H](C)Oc3ccc(F)cc3)no2)c1. The maximum Gasteiger partial charge on any atom is 0.270 e. The molecule has 0 saturated carbocycles. The molecule has 0 spiro atoms. The molecule has 1 atom stereocenters. The minimum Gasteiger partial charge on any atom is -0.481 e. The van der Waals surface area contributed by atoms with Gasteiger partial charge in [0.1, 0.15) is 11.6 Å². The van der Waals surface area contributed by atoms with Crippen molar-refractivity contribution in [2.24, 2.45) is 0 Å². The summed E-state index contributed by atoms with van der Waals surface area (Å²) < 4.78 is 23.5. The third kappa shape index (κ3) is 4.20. The number of carbonyl (C=O) groups is 1. The van der Waals surface area contributed by atoms with E-state index in [4.69, 9.17) is 9.26 Å². The fourth-order valence-electron chi connectivity index (χ4n) is 2.15. The largest absolute Gasteiger partial charge is 0.481 e. The lowest BCUT2D eigenvalue weighted by Crippen LogP contribution is -2.30. The van der Waals surface area contributed by atoms with Gasteiger partial charge in [0.25, 0.3) is 17.7 Å². The average Bonchev–Trinajstić information content (AvgIpc) is 3.05. The Balaban J connectivity index is 1.64. The van der Waals surface area contributed by atoms with Crippen LogP contribution in [0.15, 0.2) is 53.1 Å². The van der Waals surface area contributed by atoms with E-state index in [9.17, 15) is 9.18 Å². The molecule has 3 rings (SSSR count). The molecule has 25 heavy (non-hydrogen) atoms. The van der Waals surface area contributed by atoms with Crippen LogP contribution in [0.2, 0.25) is 0 Å². The van der Waals surface area contributed by atoms with Crippen molar-refractivity contribution in [3.8, 4) is 17.2 Å². The van der Waals surface area contributed by atoms with E-state index in [0.29, 0.717) is 11.6 Å². The maximum atomic E-state index is 12.9. The van der Waals surface area contributed by atoms with Crippen LogP contribution in [-0.2, 0) is 4.79 Å². The number of aromatic nitrogens is 2. The van der Waals surface area contributed by atoms with Crippen molar-refractivity contribution in [3.63, 3.8) is 0 Å². The number of anilines is 1. The second-order valence-electron chi connectivity index (χ2n) is 5.50. The zero-order valence-corrected chi connectivity index (χ0v) is 13.7. The number of halogens is 1. The molecule has 0 fully saturated rings. The molecule has 1 N–H and O–H groups in total. The van der Waals surface area contributed by atoms with Gasteiger partial charge in [0.2, 0.25) is 0 Å². The number of aryl methyl sites for hydroxylation is 1. The fourth-order valence-corrected chi connectivity index (χ4v) is 2.15. The van der Waals surface area contributed by atoms with Crippen molar-refractivity contribution in [2.45, 2.75) is 20.0 Å². The number of ether oxygens (including phenoxy) is 1. The molecule has 0 aliphatic carbocycles. The Morgan fingerprint density at radius 3 is 2.72 bits per heavy atom. The van der Waals surface area contributed by atoms with E-state index in [0.717, 1.165) is 11.1 Å². The molecule has 3 aromatic rings. The second kappa shape index (κ2) is 7.12. The van der Waals surface area contributed by atoms with Crippen LogP contribution >= 0.6 is 0 Å². The summed E-state index contributed by atoms with van der Waals surface area (Å²) in [6, 6.07) is 13.0. The first-order valence-electron chi connectivity index (χ1n) is 7.65. The van der Waals surface area contributed by atoms with Gasteiger partial charge in [0, 0.05) is 5.56 Å². The topological polar surface area (TPSA) is 77.2 Å². The Kier molecular flexibility index (Phi) is 4.74. The molecular weight excluding hydrogens is 325 g/mol. The van der Waals surface area contributed by atoms with Crippen molar-refractivity contribution in [1.82, 2.24) is 10.1 Å². The Hall–Kier alpha value is -3.22. The molecule has 1 heterocycles. The number of amides is 1. The lowest BCUT2D eigenvalue weighted by atomic mass is 10.1. The number of hydrogen-bond donors (Lipinski definition) is 1. The summed E-state index contributed by atoms with van der Waals surface area (Å²) in [7, 11) is 0. The Labute approximate surface area is 143 Å². The van der Waals surface area contributed by atoms with Gasteiger partial charge < -0.3 is 9.26 Å². The number of benzene rings is 2. The van der Waals surface area contributed by atoms with Crippen molar-refractivity contribution >= 4 is 11.9 Å². The first-order valence-corrected chi connectivity index (χ1v) is 7.65. The van der Waals surface area contributed by atoms with Crippen LogP contribution in [0.4, 0.5) is 10.3 Å². The summed E-state index contributed by atoms with van der Waals surface area (Å²) in [5.74, 6) is -0.0689. The van der Waals surface area contributed by atoms with Gasteiger partial charge in [-0.05, 0) is 55.4 Å². The first kappa shape index (κ1) is 16.6. The van der Waals surface area contributed by atoms with Crippen molar-refractivity contribution in [1.29, 1.82) is 0 Å². The number of nitrogens with one attached hydrogen (secondary N) is 1. The van der Waals surface area contributed by atoms with E-state index < -0.39 is 12.0 Å². The summed E-state index contributed by atoms with van der Waals surface area (Å²) in [4.78, 5) is 16.3. The molecule has 2 aromatic carbocycles. The molecule has 0 aliphatic rings. The van der Waals surface area contributed by atoms with E-state index in [1.165, 1.54) is 24.3 Å². The van der Waals surface area contributed by atoms with Gasteiger partial charge in [-0.3, -0.25) is 10.1 Å². The Morgan fingerprint density at radius 1 is 1.24 bits per heavy atom. The van der Waals surface area contributed by atoms with E-state index >= 15 is 0 Å². The zero-order chi connectivity index (χ0) is 17.8. The molecular formula is C18H16FN3O3. The highest BCUT2D eigenvalue weighted by molar-refractivity contribution is 5.92. The number of rotatable bonds is 5. The molecule has 0 bridgehead atoms. The van der Waals surface area contributed by atoms with E-state index in [1.54, 1.807) is 6.92 Å². The third-order valence-electron chi connectivity index (χ3n) is 3.42. The van der Waals surface area contributed by atoms with Gasteiger partial charge >= 0.3 is 0 Å². The number of hydrogen-bond acceptors (Lipinski definition) is 5. The monoisotopic (exact) mass is 341 g/mol. The average molecular weight is 341 g/mol. The molecule has 7 heteroatoms. The molecule has 0 radical (unpaired) electrons. The lowest BCUT2D eigenvalue weighted by molar-refractivity contribution is -0.122. The van der Waals surface area contributed by atoms with Crippen molar-refractivity contribution in [2.75, 3.05) is 5.32 Å². The summed E-state index contributed by atoms with van der Waals surface area (Å²) in [6.07, 6.45) is -0.814. The van der Waals surface area contributed by atoms with Crippen LogP contribution in [-0.4, -0.2) is 22.2 Å². The second-order valence-corrected chi connectivity index (χ2v) is 5.50. The molecule has 1 amide bonds. The predicted octanol–water partition coefficient (Wildman–Crippen LogP) is 3.59. The minimum atomic E-state index is -0.814. The van der Waals surface area contributed by atoms with E-state index in [-0.39, 0.29) is 11.8 Å². The van der Waals surface area contributed by atoms with Crippen molar-refractivity contribution in [3.05, 3.63) is 59.9 Å². The third-order valence-corrected chi connectivity index (χ3v) is 3.42. The maximum absolute atomic E-state index is 12.9. The van der Waals surface area contributed by atoms with Crippen LogP contribution in [0.5, 0.6) is 5.75 Å².